The van der Waals surface area contributed by atoms with Crippen molar-refractivity contribution in [1.29, 1.82) is 0 Å². The second-order valence-electron chi connectivity index (χ2n) is 4.56. The molecule has 0 bridgehead atoms. The molecule has 100 valence electrons. The van der Waals surface area contributed by atoms with E-state index in [-0.39, 0.29) is 11.9 Å². The Labute approximate surface area is 112 Å². The minimum atomic E-state index is -0.545. The first-order chi connectivity index (χ1) is 9.16. The molecule has 0 saturated heterocycles. The average Bonchev–Trinajstić information content (AvgIpc) is 2.93. The number of hydrogen-bond acceptors (Lipinski definition) is 3. The first-order valence-corrected chi connectivity index (χ1v) is 6.25. The molecular weight excluding hydrogens is 240 g/mol. The number of aromatic nitrogens is 2. The van der Waals surface area contributed by atoms with Crippen molar-refractivity contribution in [2.24, 2.45) is 5.73 Å². The fourth-order valence-corrected chi connectivity index (χ4v) is 1.86. The predicted octanol–water partition coefficient (Wildman–Crippen LogP) is 1.16. The molecule has 0 radical (unpaired) electrons. The van der Waals surface area contributed by atoms with E-state index in [9.17, 15) is 4.79 Å². The van der Waals surface area contributed by atoms with Gasteiger partial charge in [-0.15, -0.1) is 0 Å². The maximum absolute atomic E-state index is 12.0. The molecule has 2 aromatic rings. The lowest BCUT2D eigenvalue weighted by Crippen LogP contribution is -2.42. The molecule has 1 aromatic carbocycles. The van der Waals surface area contributed by atoms with Gasteiger partial charge in [-0.3, -0.25) is 9.89 Å². The molecule has 2 atom stereocenters. The van der Waals surface area contributed by atoms with E-state index in [4.69, 9.17) is 5.73 Å². The van der Waals surface area contributed by atoms with Crippen LogP contribution in [0.1, 0.15) is 24.1 Å². The number of H-pyrrole nitrogens is 1. The van der Waals surface area contributed by atoms with E-state index in [1.807, 2.05) is 37.3 Å². The Morgan fingerprint density at radius 3 is 2.79 bits per heavy atom. The Hall–Kier alpha value is -2.14. The van der Waals surface area contributed by atoms with Crippen molar-refractivity contribution in [3.05, 3.63) is 53.9 Å². The zero-order chi connectivity index (χ0) is 13.7. The van der Waals surface area contributed by atoms with Crippen LogP contribution in [0, 0.1) is 0 Å². The summed E-state index contributed by atoms with van der Waals surface area (Å²) in [6, 6.07) is 9.10. The lowest BCUT2D eigenvalue weighted by atomic mass is 10.1. The number of rotatable bonds is 5. The normalized spacial score (nSPS) is 13.8. The molecule has 4 N–H and O–H groups in total. The SMILES string of the molecule is CC(NC(=O)[C@H](N)Cc1ccccc1)c1cn[nH]c1. The summed E-state index contributed by atoms with van der Waals surface area (Å²) < 4.78 is 0. The molecule has 1 aromatic heterocycles. The topological polar surface area (TPSA) is 83.8 Å². The van der Waals surface area contributed by atoms with E-state index in [0.717, 1.165) is 11.1 Å². The summed E-state index contributed by atoms with van der Waals surface area (Å²) in [4.78, 5) is 12.0. The van der Waals surface area contributed by atoms with Gasteiger partial charge >= 0.3 is 0 Å². The van der Waals surface area contributed by atoms with Crippen molar-refractivity contribution in [3.8, 4) is 0 Å². The second-order valence-corrected chi connectivity index (χ2v) is 4.56. The molecule has 19 heavy (non-hydrogen) atoms. The standard InChI is InChI=1S/C14H18N4O/c1-10(12-8-16-17-9-12)18-14(19)13(15)7-11-5-3-2-4-6-11/h2-6,8-10,13H,7,15H2,1H3,(H,16,17)(H,18,19)/t10?,13-/m1/s1. The number of carbonyl (C=O) groups is 1. The first kappa shape index (κ1) is 13.3. The zero-order valence-corrected chi connectivity index (χ0v) is 10.8. The van der Waals surface area contributed by atoms with Crippen LogP contribution in [0.15, 0.2) is 42.7 Å². The van der Waals surface area contributed by atoms with Gasteiger partial charge in [-0.05, 0) is 18.9 Å². The van der Waals surface area contributed by atoms with Crippen LogP contribution >= 0.6 is 0 Å². The largest absolute Gasteiger partial charge is 0.348 e. The highest BCUT2D eigenvalue weighted by Gasteiger charge is 2.17. The van der Waals surface area contributed by atoms with Crippen LogP contribution < -0.4 is 11.1 Å². The number of hydrogen-bond donors (Lipinski definition) is 3. The lowest BCUT2D eigenvalue weighted by Gasteiger charge is -2.16. The summed E-state index contributed by atoms with van der Waals surface area (Å²) in [5, 5.41) is 9.45. The van der Waals surface area contributed by atoms with E-state index in [1.54, 1.807) is 12.4 Å². The molecule has 5 nitrogen and oxygen atoms in total. The van der Waals surface area contributed by atoms with Gasteiger partial charge in [-0.25, -0.2) is 0 Å². The predicted molar refractivity (Wildman–Crippen MR) is 73.3 cm³/mol. The Morgan fingerprint density at radius 1 is 1.42 bits per heavy atom. The molecule has 1 heterocycles. The zero-order valence-electron chi connectivity index (χ0n) is 10.8. The summed E-state index contributed by atoms with van der Waals surface area (Å²) in [5.41, 5.74) is 7.90. The lowest BCUT2D eigenvalue weighted by molar-refractivity contribution is -0.123. The highest BCUT2D eigenvalue weighted by molar-refractivity contribution is 5.82. The van der Waals surface area contributed by atoms with Gasteiger partial charge in [0.05, 0.1) is 18.3 Å². The van der Waals surface area contributed by atoms with Crippen molar-refractivity contribution < 1.29 is 4.79 Å². The molecule has 0 aliphatic carbocycles. The van der Waals surface area contributed by atoms with Crippen LogP contribution in [0.25, 0.3) is 0 Å². The number of nitrogens with two attached hydrogens (primary N) is 1. The molecule has 5 heteroatoms. The molecule has 0 spiro atoms. The maximum Gasteiger partial charge on any atom is 0.237 e. The Morgan fingerprint density at radius 2 is 2.16 bits per heavy atom. The van der Waals surface area contributed by atoms with E-state index in [2.05, 4.69) is 15.5 Å². The third-order valence-electron chi connectivity index (χ3n) is 3.01. The highest BCUT2D eigenvalue weighted by atomic mass is 16.2. The minimum Gasteiger partial charge on any atom is -0.348 e. The molecule has 1 amide bonds. The average molecular weight is 258 g/mol. The summed E-state index contributed by atoms with van der Waals surface area (Å²) in [7, 11) is 0. The van der Waals surface area contributed by atoms with Gasteiger partial charge in [-0.1, -0.05) is 30.3 Å². The van der Waals surface area contributed by atoms with Gasteiger partial charge in [0.25, 0.3) is 0 Å². The van der Waals surface area contributed by atoms with Crippen molar-refractivity contribution in [1.82, 2.24) is 15.5 Å². The van der Waals surface area contributed by atoms with Gasteiger partial charge < -0.3 is 11.1 Å². The molecule has 0 fully saturated rings. The number of benzene rings is 1. The van der Waals surface area contributed by atoms with Crippen LogP contribution in [0.5, 0.6) is 0 Å². The fraction of sp³-hybridized carbons (Fsp3) is 0.286. The van der Waals surface area contributed by atoms with E-state index >= 15 is 0 Å². The number of amides is 1. The third kappa shape index (κ3) is 3.66. The van der Waals surface area contributed by atoms with Crippen LogP contribution in [0.2, 0.25) is 0 Å². The number of aromatic amines is 1. The Kier molecular flexibility index (Phi) is 4.30. The van der Waals surface area contributed by atoms with Crippen molar-refractivity contribution in [3.63, 3.8) is 0 Å². The Balaban J connectivity index is 1.89. The summed E-state index contributed by atoms with van der Waals surface area (Å²) in [6.45, 7) is 1.90. The Bertz CT molecular complexity index is 510. The van der Waals surface area contributed by atoms with E-state index in [1.165, 1.54) is 0 Å². The van der Waals surface area contributed by atoms with Crippen LogP contribution in [-0.4, -0.2) is 22.1 Å². The van der Waals surface area contributed by atoms with Gasteiger partial charge in [0.15, 0.2) is 0 Å². The number of nitrogens with one attached hydrogen (secondary N) is 2. The number of carbonyl (C=O) groups excluding carboxylic acids is 1. The van der Waals surface area contributed by atoms with Crippen LogP contribution in [-0.2, 0) is 11.2 Å². The molecule has 0 aliphatic rings. The van der Waals surface area contributed by atoms with E-state index in [0.29, 0.717) is 6.42 Å². The van der Waals surface area contributed by atoms with Crippen molar-refractivity contribution in [2.45, 2.75) is 25.4 Å². The molecular formula is C14H18N4O. The first-order valence-electron chi connectivity index (χ1n) is 6.25. The van der Waals surface area contributed by atoms with Gasteiger partial charge in [0, 0.05) is 11.8 Å². The van der Waals surface area contributed by atoms with Crippen LogP contribution in [0.4, 0.5) is 0 Å². The quantitative estimate of drug-likeness (QED) is 0.752. The molecule has 0 saturated carbocycles. The third-order valence-corrected chi connectivity index (χ3v) is 3.01. The fourth-order valence-electron chi connectivity index (χ4n) is 1.86. The van der Waals surface area contributed by atoms with Crippen molar-refractivity contribution in [2.75, 3.05) is 0 Å². The summed E-state index contributed by atoms with van der Waals surface area (Å²) in [6.07, 6.45) is 3.98. The van der Waals surface area contributed by atoms with Gasteiger partial charge in [-0.2, -0.15) is 5.10 Å². The van der Waals surface area contributed by atoms with Gasteiger partial charge in [0.2, 0.25) is 5.91 Å². The van der Waals surface area contributed by atoms with Gasteiger partial charge in [0.1, 0.15) is 0 Å². The molecule has 0 aliphatic heterocycles. The maximum atomic E-state index is 12.0. The van der Waals surface area contributed by atoms with E-state index < -0.39 is 6.04 Å². The summed E-state index contributed by atoms with van der Waals surface area (Å²) >= 11 is 0. The number of nitrogens with zero attached hydrogens (tertiary/aromatic N) is 1. The second kappa shape index (κ2) is 6.15. The van der Waals surface area contributed by atoms with Crippen LogP contribution in [0.3, 0.4) is 0 Å². The summed E-state index contributed by atoms with van der Waals surface area (Å²) in [5.74, 6) is -0.155. The minimum absolute atomic E-state index is 0.104. The highest BCUT2D eigenvalue weighted by Crippen LogP contribution is 2.09. The monoisotopic (exact) mass is 258 g/mol. The smallest absolute Gasteiger partial charge is 0.237 e. The van der Waals surface area contributed by atoms with Crippen molar-refractivity contribution >= 4 is 5.91 Å². The molecule has 2 rings (SSSR count). The molecule has 1 unspecified atom stereocenters.